The van der Waals surface area contributed by atoms with Crippen molar-refractivity contribution < 1.29 is 4.52 Å². The summed E-state index contributed by atoms with van der Waals surface area (Å²) in [5.74, 6) is 1.27. The second-order valence-corrected chi connectivity index (χ2v) is 4.02. The second kappa shape index (κ2) is 4.61. The number of hydrogen-bond donors (Lipinski definition) is 1. The molecule has 1 saturated heterocycles. The number of nitrogens with zero attached hydrogens (tertiary/aromatic N) is 3. The van der Waals surface area contributed by atoms with E-state index in [-0.39, 0.29) is 6.04 Å². The maximum Gasteiger partial charge on any atom is 0.266 e. The molecule has 2 heterocycles. The normalized spacial score (nSPS) is 18.4. The van der Waals surface area contributed by atoms with Gasteiger partial charge in [-0.2, -0.15) is 4.98 Å². The van der Waals surface area contributed by atoms with E-state index in [0.717, 1.165) is 25.9 Å². The Morgan fingerprint density at radius 3 is 2.87 bits per heavy atom. The van der Waals surface area contributed by atoms with Crippen LogP contribution in [-0.2, 0) is 0 Å². The van der Waals surface area contributed by atoms with E-state index in [9.17, 15) is 0 Å². The van der Waals surface area contributed by atoms with Gasteiger partial charge in [0.25, 0.3) is 5.95 Å². The van der Waals surface area contributed by atoms with Crippen molar-refractivity contribution in [2.24, 2.45) is 5.73 Å². The summed E-state index contributed by atoms with van der Waals surface area (Å²) in [6.07, 6.45) is 4.35. The van der Waals surface area contributed by atoms with Crippen LogP contribution in [0.1, 0.15) is 44.5 Å². The van der Waals surface area contributed by atoms with Gasteiger partial charge in [0.2, 0.25) is 5.89 Å². The molecule has 1 aliphatic heterocycles. The zero-order chi connectivity index (χ0) is 10.7. The van der Waals surface area contributed by atoms with Crippen LogP contribution in [0.4, 0.5) is 5.95 Å². The Balaban J connectivity index is 2.02. The molecule has 1 aromatic heterocycles. The van der Waals surface area contributed by atoms with Crippen LogP contribution < -0.4 is 10.6 Å². The molecule has 2 N–H and O–H groups in total. The fourth-order valence-electron chi connectivity index (χ4n) is 1.86. The van der Waals surface area contributed by atoms with E-state index in [0.29, 0.717) is 11.8 Å². The highest BCUT2D eigenvalue weighted by molar-refractivity contribution is 5.29. The summed E-state index contributed by atoms with van der Waals surface area (Å²) in [6, 6.07) is -0.112. The Hall–Kier alpha value is -1.10. The molecular weight excluding hydrogens is 192 g/mol. The average molecular weight is 210 g/mol. The third-order valence-corrected chi connectivity index (χ3v) is 2.74. The molecule has 0 saturated carbocycles. The minimum atomic E-state index is -0.112. The molecule has 0 amide bonds. The Labute approximate surface area is 89.6 Å². The Morgan fingerprint density at radius 2 is 2.20 bits per heavy atom. The first-order valence-corrected chi connectivity index (χ1v) is 5.65. The van der Waals surface area contributed by atoms with Crippen LogP contribution in [0.5, 0.6) is 0 Å². The van der Waals surface area contributed by atoms with Crippen LogP contribution in [0.2, 0.25) is 0 Å². The Bertz CT molecular complexity index is 306. The summed E-state index contributed by atoms with van der Waals surface area (Å²) in [6.45, 7) is 4.15. The number of nitrogens with two attached hydrogens (primary N) is 1. The zero-order valence-electron chi connectivity index (χ0n) is 9.15. The Kier molecular flexibility index (Phi) is 3.20. The van der Waals surface area contributed by atoms with Crippen LogP contribution in [0.3, 0.4) is 0 Å². The van der Waals surface area contributed by atoms with Gasteiger partial charge in [0.1, 0.15) is 0 Å². The molecule has 5 heteroatoms. The number of anilines is 1. The van der Waals surface area contributed by atoms with Crippen molar-refractivity contribution in [3.63, 3.8) is 0 Å². The van der Waals surface area contributed by atoms with Gasteiger partial charge in [0.15, 0.2) is 0 Å². The first kappa shape index (κ1) is 10.4. The van der Waals surface area contributed by atoms with E-state index >= 15 is 0 Å². The highest BCUT2D eigenvalue weighted by atomic mass is 16.5. The standard InChI is InChI=1S/C10H18N4O/c1-2-5-8(11)9-12-10(13-15-9)14-6-3-4-7-14/h8H,2-7,11H2,1H3/t8-/m1/s1. The van der Waals surface area contributed by atoms with E-state index in [1.807, 2.05) is 0 Å². The quantitative estimate of drug-likeness (QED) is 0.815. The molecule has 15 heavy (non-hydrogen) atoms. The predicted octanol–water partition coefficient (Wildman–Crippen LogP) is 1.47. The lowest BCUT2D eigenvalue weighted by atomic mass is 10.2. The average Bonchev–Trinajstić information content (AvgIpc) is 2.89. The molecular formula is C10H18N4O. The maximum absolute atomic E-state index is 5.90. The van der Waals surface area contributed by atoms with Crippen molar-refractivity contribution >= 4 is 5.95 Å². The van der Waals surface area contributed by atoms with Crippen molar-refractivity contribution in [2.45, 2.75) is 38.6 Å². The summed E-state index contributed by atoms with van der Waals surface area (Å²) in [5, 5.41) is 3.96. The molecule has 1 fully saturated rings. The van der Waals surface area contributed by atoms with Crippen molar-refractivity contribution in [3.8, 4) is 0 Å². The lowest BCUT2D eigenvalue weighted by Crippen LogP contribution is -2.19. The molecule has 0 radical (unpaired) electrons. The zero-order valence-corrected chi connectivity index (χ0v) is 9.15. The van der Waals surface area contributed by atoms with E-state index in [2.05, 4.69) is 22.0 Å². The van der Waals surface area contributed by atoms with Crippen molar-refractivity contribution in [3.05, 3.63) is 5.89 Å². The molecule has 1 aromatic rings. The summed E-state index contributed by atoms with van der Waals surface area (Å²) in [5.41, 5.74) is 5.90. The smallest absolute Gasteiger partial charge is 0.266 e. The maximum atomic E-state index is 5.90. The monoisotopic (exact) mass is 210 g/mol. The van der Waals surface area contributed by atoms with Crippen LogP contribution in [0.15, 0.2) is 4.52 Å². The van der Waals surface area contributed by atoms with E-state index in [1.165, 1.54) is 12.8 Å². The van der Waals surface area contributed by atoms with Gasteiger partial charge in [-0.25, -0.2) is 0 Å². The molecule has 0 spiro atoms. The summed E-state index contributed by atoms with van der Waals surface area (Å²) < 4.78 is 5.16. The highest BCUT2D eigenvalue weighted by Gasteiger charge is 2.20. The minimum Gasteiger partial charge on any atom is -0.338 e. The van der Waals surface area contributed by atoms with Crippen LogP contribution >= 0.6 is 0 Å². The van der Waals surface area contributed by atoms with Gasteiger partial charge in [-0.3, -0.25) is 0 Å². The lowest BCUT2D eigenvalue weighted by Gasteiger charge is -2.10. The molecule has 0 bridgehead atoms. The molecule has 1 aliphatic rings. The summed E-state index contributed by atoms with van der Waals surface area (Å²) in [7, 11) is 0. The van der Waals surface area contributed by atoms with Gasteiger partial charge in [-0.05, 0) is 24.4 Å². The van der Waals surface area contributed by atoms with Gasteiger partial charge in [0.05, 0.1) is 6.04 Å². The summed E-state index contributed by atoms with van der Waals surface area (Å²) in [4.78, 5) is 6.48. The first-order chi connectivity index (χ1) is 7.31. The van der Waals surface area contributed by atoms with Crippen LogP contribution in [0, 0.1) is 0 Å². The molecule has 0 aromatic carbocycles. The van der Waals surface area contributed by atoms with Crippen LogP contribution in [-0.4, -0.2) is 23.2 Å². The number of hydrogen-bond acceptors (Lipinski definition) is 5. The van der Waals surface area contributed by atoms with Gasteiger partial charge < -0.3 is 15.2 Å². The van der Waals surface area contributed by atoms with Gasteiger partial charge in [0, 0.05) is 13.1 Å². The molecule has 5 nitrogen and oxygen atoms in total. The Morgan fingerprint density at radius 1 is 1.47 bits per heavy atom. The largest absolute Gasteiger partial charge is 0.338 e. The van der Waals surface area contributed by atoms with Gasteiger partial charge in [-0.1, -0.05) is 13.3 Å². The fraction of sp³-hybridized carbons (Fsp3) is 0.800. The predicted molar refractivity (Wildman–Crippen MR) is 57.6 cm³/mol. The lowest BCUT2D eigenvalue weighted by molar-refractivity contribution is 0.347. The number of rotatable bonds is 4. The van der Waals surface area contributed by atoms with Crippen molar-refractivity contribution in [1.29, 1.82) is 0 Å². The van der Waals surface area contributed by atoms with E-state index in [4.69, 9.17) is 10.3 Å². The number of aromatic nitrogens is 2. The van der Waals surface area contributed by atoms with Gasteiger partial charge >= 0.3 is 0 Å². The van der Waals surface area contributed by atoms with Crippen molar-refractivity contribution in [1.82, 2.24) is 10.1 Å². The van der Waals surface area contributed by atoms with E-state index in [1.54, 1.807) is 0 Å². The molecule has 2 rings (SSSR count). The van der Waals surface area contributed by atoms with Crippen molar-refractivity contribution in [2.75, 3.05) is 18.0 Å². The summed E-state index contributed by atoms with van der Waals surface area (Å²) >= 11 is 0. The van der Waals surface area contributed by atoms with Crippen LogP contribution in [0.25, 0.3) is 0 Å². The topological polar surface area (TPSA) is 68.2 Å². The fourth-order valence-corrected chi connectivity index (χ4v) is 1.86. The third kappa shape index (κ3) is 2.28. The third-order valence-electron chi connectivity index (χ3n) is 2.74. The molecule has 0 unspecified atom stereocenters. The highest BCUT2D eigenvalue weighted by Crippen LogP contribution is 2.20. The van der Waals surface area contributed by atoms with Gasteiger partial charge in [-0.15, -0.1) is 0 Å². The SMILES string of the molecule is CCC[C@@H](N)c1nc(N2CCCC2)no1. The first-order valence-electron chi connectivity index (χ1n) is 5.65. The van der Waals surface area contributed by atoms with E-state index < -0.39 is 0 Å². The second-order valence-electron chi connectivity index (χ2n) is 4.02. The molecule has 84 valence electrons. The molecule has 1 atom stereocenters. The molecule has 0 aliphatic carbocycles. The minimum absolute atomic E-state index is 0.112.